The second-order valence-corrected chi connectivity index (χ2v) is 10.7. The number of carbonyl (C=O) groups is 2. The van der Waals surface area contributed by atoms with Gasteiger partial charge in [-0.25, -0.2) is 0 Å². The fourth-order valence-corrected chi connectivity index (χ4v) is 5.26. The minimum atomic E-state index is -4.66. The molecule has 5 N–H and O–H groups in total. The van der Waals surface area contributed by atoms with Gasteiger partial charge >= 0.3 is 6.18 Å². The zero-order valence-electron chi connectivity index (χ0n) is 23.8. The Morgan fingerprint density at radius 3 is 2.70 bits per heavy atom. The summed E-state index contributed by atoms with van der Waals surface area (Å²) in [6, 6.07) is 15.7. The summed E-state index contributed by atoms with van der Waals surface area (Å²) in [6.07, 6.45) is -5.41. The van der Waals surface area contributed by atoms with Crippen molar-refractivity contribution in [3.05, 3.63) is 89.7 Å². The number of para-hydroxylation sites is 1. The summed E-state index contributed by atoms with van der Waals surface area (Å²) in [5.74, 6) is -1.46. The number of nitrogen functional groups attached to an aromatic ring is 1. The van der Waals surface area contributed by atoms with Gasteiger partial charge in [-0.2, -0.15) is 13.2 Å². The second kappa shape index (κ2) is 11.8. The van der Waals surface area contributed by atoms with Crippen LogP contribution in [0.25, 0.3) is 22.3 Å². The normalized spacial score (nSPS) is 16.8. The Morgan fingerprint density at radius 2 is 1.91 bits per heavy atom. The number of phenolic OH excluding ortho intramolecular Hbond substituents is 1. The number of aromatic hydroxyl groups is 1. The maximum absolute atomic E-state index is 13.9. The van der Waals surface area contributed by atoms with E-state index in [-0.39, 0.29) is 53.9 Å². The second-order valence-electron chi connectivity index (χ2n) is 10.7. The largest absolute Gasteiger partial charge is 0.507 e. The number of halogens is 3. The highest BCUT2D eigenvalue weighted by atomic mass is 19.4. The summed E-state index contributed by atoms with van der Waals surface area (Å²) in [6.45, 7) is -0.523. The van der Waals surface area contributed by atoms with Crippen LogP contribution in [0.4, 0.5) is 24.9 Å². The molecule has 0 radical (unpaired) electrons. The lowest BCUT2D eigenvalue weighted by atomic mass is 9.86. The zero-order valence-corrected chi connectivity index (χ0v) is 23.8. The number of rotatable bonds is 8. The number of hydrogen-bond donors (Lipinski definition) is 4. The highest BCUT2D eigenvalue weighted by molar-refractivity contribution is 5.98. The van der Waals surface area contributed by atoms with Crippen molar-refractivity contribution in [1.29, 1.82) is 0 Å². The molecule has 1 fully saturated rings. The Kier molecular flexibility index (Phi) is 7.87. The first-order valence-corrected chi connectivity index (χ1v) is 13.9. The maximum atomic E-state index is 13.9. The van der Waals surface area contributed by atoms with Gasteiger partial charge in [0.15, 0.2) is 17.5 Å². The number of hydrogen-bond acceptors (Lipinski definition) is 10. The first kappa shape index (κ1) is 30.6. The number of pyridine rings is 1. The maximum Gasteiger partial charge on any atom is 0.433 e. The molecule has 2 aromatic carbocycles. The molecule has 1 saturated heterocycles. The quantitative estimate of drug-likeness (QED) is 0.195. The summed E-state index contributed by atoms with van der Waals surface area (Å²) >= 11 is 0. The summed E-state index contributed by atoms with van der Waals surface area (Å²) in [5, 5.41) is 29.1. The number of furan rings is 1. The van der Waals surface area contributed by atoms with Crippen molar-refractivity contribution in [3.63, 3.8) is 0 Å². The molecule has 15 heteroatoms. The highest BCUT2D eigenvalue weighted by Gasteiger charge is 2.47. The van der Waals surface area contributed by atoms with Crippen LogP contribution in [0.15, 0.2) is 81.9 Å². The highest BCUT2D eigenvalue weighted by Crippen LogP contribution is 2.34. The molecular formula is C31H26F3N5O7. The summed E-state index contributed by atoms with van der Waals surface area (Å²) in [5.41, 5.74) is 3.53. The predicted molar refractivity (Wildman–Crippen MR) is 157 cm³/mol. The van der Waals surface area contributed by atoms with Crippen molar-refractivity contribution in [1.82, 2.24) is 15.5 Å². The third kappa shape index (κ3) is 5.97. The number of fused-ring (bicyclic) bond motifs is 1. The number of amides is 2. The number of benzene rings is 2. The van der Waals surface area contributed by atoms with E-state index in [0.717, 1.165) is 12.3 Å². The number of anilines is 2. The number of phenols is 1. The van der Waals surface area contributed by atoms with Gasteiger partial charge in [-0.15, -0.1) is 0 Å². The van der Waals surface area contributed by atoms with Crippen molar-refractivity contribution >= 4 is 34.5 Å². The molecule has 2 amide bonds. The van der Waals surface area contributed by atoms with Gasteiger partial charge in [0.25, 0.3) is 11.8 Å². The molecule has 5 aromatic rings. The summed E-state index contributed by atoms with van der Waals surface area (Å²) in [4.78, 5) is 31.4. The zero-order chi connectivity index (χ0) is 32.6. The van der Waals surface area contributed by atoms with Gasteiger partial charge in [-0.05, 0) is 48.0 Å². The van der Waals surface area contributed by atoms with Crippen LogP contribution in [0.1, 0.15) is 21.6 Å². The van der Waals surface area contributed by atoms with E-state index in [9.17, 15) is 33.0 Å². The number of nitrogens with two attached hydrogens (primary N) is 1. The van der Waals surface area contributed by atoms with Crippen LogP contribution in [0, 0.1) is 0 Å². The number of morpholine rings is 1. The molecule has 1 aliphatic heterocycles. The molecule has 0 spiro atoms. The van der Waals surface area contributed by atoms with Crippen LogP contribution in [0.3, 0.4) is 0 Å². The average molecular weight is 638 g/mol. The number of nitrogens with zero attached hydrogens (tertiary/aromatic N) is 3. The number of ether oxygens (including phenoxy) is 1. The topological polar surface area (TPSA) is 177 Å². The standard InChI is InChI=1S/C31H26F3N5O7/c32-31(33,34)24-14-18(9-10-36-24)22-7-8-25(45-22)39-11-12-44-26(29(39)42)30(43,16-37-28(41)19-3-1-2-4-21(19)40)15-17-5-6-20-23(13-17)46-38-27(20)35/h1-10,13-14,26,40,43H,11-12,15-16H2,(H2,35,38)(H,37,41)/t26-,30?/m0/s1. The molecule has 46 heavy (non-hydrogen) atoms. The number of alkyl halides is 3. The number of nitrogens with one attached hydrogen (secondary N) is 1. The fraction of sp³-hybridized carbons (Fsp3) is 0.226. The third-order valence-electron chi connectivity index (χ3n) is 7.55. The van der Waals surface area contributed by atoms with E-state index in [0.29, 0.717) is 16.5 Å². The van der Waals surface area contributed by atoms with Gasteiger partial charge in [0.2, 0.25) is 5.88 Å². The van der Waals surface area contributed by atoms with Gasteiger partial charge < -0.3 is 34.9 Å². The molecule has 6 rings (SSSR count). The smallest absolute Gasteiger partial charge is 0.433 e. The number of aromatic nitrogens is 2. The molecule has 2 atom stereocenters. The Balaban J connectivity index is 1.29. The van der Waals surface area contributed by atoms with E-state index in [4.69, 9.17) is 19.4 Å². The van der Waals surface area contributed by atoms with E-state index in [1.807, 2.05) is 0 Å². The third-order valence-corrected chi connectivity index (χ3v) is 7.55. The summed E-state index contributed by atoms with van der Waals surface area (Å²) < 4.78 is 56.5. The Morgan fingerprint density at radius 1 is 1.11 bits per heavy atom. The first-order valence-electron chi connectivity index (χ1n) is 13.9. The van der Waals surface area contributed by atoms with Gasteiger partial charge in [0, 0.05) is 24.2 Å². The number of aliphatic hydroxyl groups is 1. The molecule has 0 saturated carbocycles. The molecule has 1 aliphatic rings. The molecule has 3 aromatic heterocycles. The van der Waals surface area contributed by atoms with Crippen molar-refractivity contribution in [2.24, 2.45) is 0 Å². The molecule has 238 valence electrons. The van der Waals surface area contributed by atoms with Crippen LogP contribution in [0.2, 0.25) is 0 Å². The van der Waals surface area contributed by atoms with E-state index in [1.165, 1.54) is 35.2 Å². The molecule has 1 unspecified atom stereocenters. The van der Waals surface area contributed by atoms with Gasteiger partial charge in [-0.3, -0.25) is 19.5 Å². The van der Waals surface area contributed by atoms with Gasteiger partial charge in [-0.1, -0.05) is 23.4 Å². The van der Waals surface area contributed by atoms with Gasteiger partial charge in [0.05, 0.1) is 30.6 Å². The molecular weight excluding hydrogens is 611 g/mol. The minimum absolute atomic E-state index is 0.00998. The SMILES string of the molecule is Nc1noc2cc(CC(O)(CNC(=O)c3ccccc3O)[C@H]3OCCN(c4ccc(-c5ccnc(C(F)(F)F)c5)o4)C3=O)ccc12. The molecule has 0 bridgehead atoms. The first-order chi connectivity index (χ1) is 21.9. The monoisotopic (exact) mass is 637 g/mol. The predicted octanol–water partition coefficient (Wildman–Crippen LogP) is 3.93. The van der Waals surface area contributed by atoms with E-state index in [1.54, 1.807) is 30.3 Å². The fourth-order valence-electron chi connectivity index (χ4n) is 5.26. The van der Waals surface area contributed by atoms with Crippen molar-refractivity contribution in [3.8, 4) is 17.1 Å². The van der Waals surface area contributed by atoms with E-state index >= 15 is 0 Å². The van der Waals surface area contributed by atoms with Crippen LogP contribution in [-0.2, 0) is 22.1 Å². The lowest BCUT2D eigenvalue weighted by Gasteiger charge is -2.40. The lowest BCUT2D eigenvalue weighted by Crippen LogP contribution is -2.63. The van der Waals surface area contributed by atoms with Crippen molar-refractivity contribution < 1.29 is 46.7 Å². The molecule has 4 heterocycles. The van der Waals surface area contributed by atoms with Crippen molar-refractivity contribution in [2.45, 2.75) is 24.3 Å². The Labute approximate surface area is 258 Å². The van der Waals surface area contributed by atoms with Crippen LogP contribution < -0.4 is 16.0 Å². The van der Waals surface area contributed by atoms with Gasteiger partial charge in [0.1, 0.15) is 22.8 Å². The van der Waals surface area contributed by atoms with E-state index in [2.05, 4.69) is 15.5 Å². The van der Waals surface area contributed by atoms with E-state index < -0.39 is 41.9 Å². The Bertz CT molecular complexity index is 1920. The summed E-state index contributed by atoms with van der Waals surface area (Å²) in [7, 11) is 0. The number of carbonyl (C=O) groups excluding carboxylic acids is 2. The minimum Gasteiger partial charge on any atom is -0.507 e. The molecule has 12 nitrogen and oxygen atoms in total. The van der Waals surface area contributed by atoms with Crippen molar-refractivity contribution in [2.75, 3.05) is 30.3 Å². The Hall–Kier alpha value is -5.41. The van der Waals surface area contributed by atoms with Crippen LogP contribution in [-0.4, -0.2) is 63.6 Å². The lowest BCUT2D eigenvalue weighted by molar-refractivity contribution is -0.157. The molecule has 0 aliphatic carbocycles. The van der Waals surface area contributed by atoms with Crippen LogP contribution >= 0.6 is 0 Å². The average Bonchev–Trinajstić information content (AvgIpc) is 3.67. The van der Waals surface area contributed by atoms with Crippen LogP contribution in [0.5, 0.6) is 5.75 Å².